The largest absolute Gasteiger partial charge is 0.468 e. The molecule has 1 aliphatic heterocycles. The minimum absolute atomic E-state index is 0.143. The zero-order valence-corrected chi connectivity index (χ0v) is 17.0. The molecular formula is C22H27N3O5. The maximum absolute atomic E-state index is 12.7. The number of methoxy groups -OCH3 is 1. The molecule has 2 N–H and O–H groups in total. The predicted octanol–water partition coefficient (Wildman–Crippen LogP) is 2.56. The van der Waals surface area contributed by atoms with Gasteiger partial charge in [0.1, 0.15) is 5.92 Å². The highest BCUT2D eigenvalue weighted by Crippen LogP contribution is 2.32. The smallest absolute Gasteiger partial charge is 0.411 e. The fourth-order valence-corrected chi connectivity index (χ4v) is 3.35. The van der Waals surface area contributed by atoms with Gasteiger partial charge in [-0.3, -0.25) is 14.6 Å². The Kier molecular flexibility index (Phi) is 8.80. The van der Waals surface area contributed by atoms with Crippen molar-refractivity contribution in [2.75, 3.05) is 20.4 Å². The summed E-state index contributed by atoms with van der Waals surface area (Å²) in [5, 5.41) is 0. The number of amides is 2. The van der Waals surface area contributed by atoms with E-state index in [9.17, 15) is 14.4 Å². The Morgan fingerprint density at radius 1 is 1.30 bits per heavy atom. The highest BCUT2D eigenvalue weighted by molar-refractivity contribution is 5.95. The summed E-state index contributed by atoms with van der Waals surface area (Å²) in [6.07, 6.45) is 6.15. The molecule has 2 rings (SSSR count). The van der Waals surface area contributed by atoms with Crippen molar-refractivity contribution in [2.24, 2.45) is 10.7 Å². The van der Waals surface area contributed by atoms with Crippen molar-refractivity contribution in [3.8, 4) is 0 Å². The third-order valence-corrected chi connectivity index (χ3v) is 4.85. The number of carbonyl (C=O) groups excluding carboxylic acids is 3. The highest BCUT2D eigenvalue weighted by Gasteiger charge is 2.39. The molecule has 0 aromatic heterocycles. The number of allylic oxidation sites excluding steroid dienone is 1. The van der Waals surface area contributed by atoms with Crippen molar-refractivity contribution in [2.45, 2.75) is 31.2 Å². The van der Waals surface area contributed by atoms with Gasteiger partial charge in [-0.05, 0) is 37.0 Å². The molecule has 0 aliphatic carbocycles. The topological polar surface area (TPSA) is 111 Å². The molecule has 0 spiro atoms. The number of hydrogen-bond donors (Lipinski definition) is 1. The number of rotatable bonds is 8. The van der Waals surface area contributed by atoms with Gasteiger partial charge in [-0.1, -0.05) is 36.9 Å². The van der Waals surface area contributed by atoms with Gasteiger partial charge in [-0.15, -0.1) is 0 Å². The molecule has 0 saturated carbocycles. The monoisotopic (exact) mass is 413 g/mol. The first-order valence-corrected chi connectivity index (χ1v) is 9.67. The van der Waals surface area contributed by atoms with Crippen LogP contribution in [0.3, 0.4) is 0 Å². The summed E-state index contributed by atoms with van der Waals surface area (Å²) in [5.41, 5.74) is 6.01. The van der Waals surface area contributed by atoms with Crippen LogP contribution in [0.15, 0.2) is 59.6 Å². The van der Waals surface area contributed by atoms with Crippen LogP contribution in [0.1, 0.15) is 30.7 Å². The van der Waals surface area contributed by atoms with E-state index in [1.54, 1.807) is 4.90 Å². The molecule has 1 aromatic rings. The minimum Gasteiger partial charge on any atom is -0.468 e. The van der Waals surface area contributed by atoms with E-state index in [2.05, 4.69) is 11.6 Å². The molecule has 1 aliphatic rings. The molecule has 8 heteroatoms. The third-order valence-electron chi connectivity index (χ3n) is 4.85. The first-order valence-electron chi connectivity index (χ1n) is 9.67. The number of benzene rings is 1. The van der Waals surface area contributed by atoms with Crippen LogP contribution >= 0.6 is 0 Å². The lowest BCUT2D eigenvalue weighted by Crippen LogP contribution is -2.49. The number of ether oxygens (including phenoxy) is 2. The number of primary amides is 1. The lowest BCUT2D eigenvalue weighted by Gasteiger charge is -2.38. The molecule has 30 heavy (non-hydrogen) atoms. The number of nitrogens with two attached hydrogens (primary N) is 1. The van der Waals surface area contributed by atoms with Crippen molar-refractivity contribution >= 4 is 24.2 Å². The molecule has 8 nitrogen and oxygen atoms in total. The second-order valence-corrected chi connectivity index (χ2v) is 6.79. The summed E-state index contributed by atoms with van der Waals surface area (Å²) in [6.45, 7) is 3.78. The van der Waals surface area contributed by atoms with Gasteiger partial charge < -0.3 is 20.1 Å². The number of nitrogens with zero attached hydrogens (tertiary/aromatic N) is 2. The number of carbonyl (C=O) groups is 3. The normalized spacial score (nSPS) is 17.6. The number of esters is 1. The summed E-state index contributed by atoms with van der Waals surface area (Å²) in [4.78, 5) is 41.6. The maximum Gasteiger partial charge on any atom is 0.411 e. The molecular weight excluding hydrogens is 386 g/mol. The van der Waals surface area contributed by atoms with Crippen molar-refractivity contribution in [1.82, 2.24) is 4.90 Å². The van der Waals surface area contributed by atoms with E-state index in [0.717, 1.165) is 18.4 Å². The van der Waals surface area contributed by atoms with E-state index in [1.807, 2.05) is 30.3 Å². The minimum atomic E-state index is -0.624. The van der Waals surface area contributed by atoms with Crippen LogP contribution in [0.5, 0.6) is 0 Å². The van der Waals surface area contributed by atoms with E-state index in [1.165, 1.54) is 25.5 Å². The highest BCUT2D eigenvalue weighted by atomic mass is 16.6. The standard InChI is InChI=1S/C22H27N3O5/c1-16(20(23)26)9-8-13-24-15-30-22(28)25-14-7-6-12-18(25)19(21(27)29-2)17-10-4-3-5-11-17/h3-5,8-11,13,18-19H,1,6-7,12,14-15H2,2H3,(H2,23,26)/b9-8-,24-13+. The lowest BCUT2D eigenvalue weighted by molar-refractivity contribution is -0.144. The lowest BCUT2D eigenvalue weighted by atomic mass is 9.85. The molecule has 1 saturated heterocycles. The van der Waals surface area contributed by atoms with Crippen LogP contribution < -0.4 is 5.73 Å². The Labute approximate surface area is 176 Å². The van der Waals surface area contributed by atoms with E-state index >= 15 is 0 Å². The Morgan fingerprint density at radius 2 is 2.03 bits per heavy atom. The molecule has 0 bridgehead atoms. The van der Waals surface area contributed by atoms with Crippen LogP contribution in [-0.4, -0.2) is 55.5 Å². The summed E-state index contributed by atoms with van der Waals surface area (Å²) in [5.74, 6) is -1.60. The number of aliphatic imine (C=N–C) groups is 1. The van der Waals surface area contributed by atoms with Gasteiger partial charge in [0.25, 0.3) is 0 Å². The summed E-state index contributed by atoms with van der Waals surface area (Å²) < 4.78 is 10.3. The second-order valence-electron chi connectivity index (χ2n) is 6.79. The van der Waals surface area contributed by atoms with Gasteiger partial charge in [0.15, 0.2) is 6.73 Å². The zero-order valence-electron chi connectivity index (χ0n) is 17.0. The van der Waals surface area contributed by atoms with Crippen LogP contribution in [-0.2, 0) is 19.1 Å². The maximum atomic E-state index is 12.7. The van der Waals surface area contributed by atoms with Gasteiger partial charge in [0.2, 0.25) is 5.91 Å². The predicted molar refractivity (Wildman–Crippen MR) is 113 cm³/mol. The molecule has 2 amide bonds. The fraction of sp³-hybridized carbons (Fsp3) is 0.364. The van der Waals surface area contributed by atoms with E-state index in [4.69, 9.17) is 15.2 Å². The van der Waals surface area contributed by atoms with Crippen molar-refractivity contribution in [3.05, 3.63) is 60.2 Å². The van der Waals surface area contributed by atoms with Gasteiger partial charge in [0.05, 0.1) is 13.2 Å². The van der Waals surface area contributed by atoms with Crippen molar-refractivity contribution in [1.29, 1.82) is 0 Å². The third kappa shape index (κ3) is 6.30. The van der Waals surface area contributed by atoms with Gasteiger partial charge in [-0.25, -0.2) is 4.79 Å². The van der Waals surface area contributed by atoms with Gasteiger partial charge in [-0.2, -0.15) is 0 Å². The Morgan fingerprint density at radius 3 is 2.70 bits per heavy atom. The quantitative estimate of drug-likeness (QED) is 0.305. The fourth-order valence-electron chi connectivity index (χ4n) is 3.35. The molecule has 0 radical (unpaired) electrons. The van der Waals surface area contributed by atoms with Crippen molar-refractivity contribution < 1.29 is 23.9 Å². The molecule has 2 atom stereocenters. The van der Waals surface area contributed by atoms with Crippen LogP contribution in [0.25, 0.3) is 0 Å². The van der Waals surface area contributed by atoms with Crippen LogP contribution in [0, 0.1) is 0 Å². The average molecular weight is 413 g/mol. The van der Waals surface area contributed by atoms with Gasteiger partial charge >= 0.3 is 12.1 Å². The number of likely N-dealkylation sites (tertiary alicyclic amines) is 1. The average Bonchev–Trinajstić information content (AvgIpc) is 2.76. The first kappa shape index (κ1) is 22.9. The van der Waals surface area contributed by atoms with Crippen molar-refractivity contribution in [3.63, 3.8) is 0 Å². The molecule has 1 fully saturated rings. The summed E-state index contributed by atoms with van der Waals surface area (Å²) in [6, 6.07) is 8.93. The van der Waals surface area contributed by atoms with E-state index < -0.39 is 17.9 Å². The van der Waals surface area contributed by atoms with Crippen LogP contribution in [0.4, 0.5) is 4.79 Å². The zero-order chi connectivity index (χ0) is 21.9. The van der Waals surface area contributed by atoms with Crippen LogP contribution in [0.2, 0.25) is 0 Å². The first-order chi connectivity index (χ1) is 14.5. The second kappa shape index (κ2) is 11.5. The molecule has 2 unspecified atom stereocenters. The Bertz CT molecular complexity index is 819. The summed E-state index contributed by atoms with van der Waals surface area (Å²) >= 11 is 0. The molecule has 160 valence electrons. The summed E-state index contributed by atoms with van der Waals surface area (Å²) in [7, 11) is 1.35. The number of hydrogen-bond acceptors (Lipinski definition) is 6. The Balaban J connectivity index is 2.04. The van der Waals surface area contributed by atoms with Gasteiger partial charge in [0, 0.05) is 18.3 Å². The van der Waals surface area contributed by atoms with E-state index in [0.29, 0.717) is 13.0 Å². The molecule has 1 aromatic carbocycles. The Hall–Kier alpha value is -3.42. The SMILES string of the molecule is C=C(/C=C\C=N\COC(=O)N1CCCCC1C(C(=O)OC)c1ccccc1)C(N)=O. The van der Waals surface area contributed by atoms with E-state index in [-0.39, 0.29) is 24.3 Å². The molecule has 1 heterocycles. The number of piperidine rings is 1.